The van der Waals surface area contributed by atoms with Gasteiger partial charge in [-0.15, -0.1) is 0 Å². The molecule has 0 radical (unpaired) electrons. The second kappa shape index (κ2) is 7.88. The lowest BCUT2D eigenvalue weighted by Gasteiger charge is -2.10. The normalized spacial score (nSPS) is 11.3. The van der Waals surface area contributed by atoms with E-state index >= 15 is 0 Å². The molecule has 1 aromatic carbocycles. The molecule has 0 fully saturated rings. The molecule has 1 atom stereocenters. The van der Waals surface area contributed by atoms with Gasteiger partial charge in [0.1, 0.15) is 11.8 Å². The third kappa shape index (κ3) is 5.52. The van der Waals surface area contributed by atoms with E-state index in [1.54, 1.807) is 24.3 Å². The Labute approximate surface area is 122 Å². The van der Waals surface area contributed by atoms with Gasteiger partial charge in [-0.2, -0.15) is 0 Å². The maximum atomic E-state index is 11.8. The Balaban J connectivity index is 2.46. The maximum Gasteiger partial charge on any atom is 0.325 e. The van der Waals surface area contributed by atoms with Crippen molar-refractivity contribution in [2.45, 2.75) is 19.9 Å². The molecule has 7 nitrogen and oxygen atoms in total. The predicted octanol–water partition coefficient (Wildman–Crippen LogP) is 0.404. The van der Waals surface area contributed by atoms with Crippen molar-refractivity contribution in [2.24, 2.45) is 0 Å². The third-order valence-electron chi connectivity index (χ3n) is 2.58. The highest BCUT2D eigenvalue weighted by Crippen LogP contribution is 2.11. The molecule has 114 valence electrons. The monoisotopic (exact) mass is 294 g/mol. The van der Waals surface area contributed by atoms with Crippen LogP contribution >= 0.6 is 0 Å². The molecule has 0 spiro atoms. The number of carboxylic acids is 1. The fourth-order valence-electron chi connectivity index (χ4n) is 1.49. The Bertz CT molecular complexity index is 513. The Morgan fingerprint density at radius 3 is 2.38 bits per heavy atom. The first-order chi connectivity index (χ1) is 9.93. The molecular weight excluding hydrogens is 276 g/mol. The number of carboxylic acid groups (broad SMARTS) is 1. The number of aliphatic carboxylic acids is 1. The lowest BCUT2D eigenvalue weighted by molar-refractivity contribution is -0.141. The molecule has 0 aliphatic carbocycles. The molecule has 0 aromatic heterocycles. The fourth-order valence-corrected chi connectivity index (χ4v) is 1.49. The van der Waals surface area contributed by atoms with Crippen LogP contribution in [-0.2, 0) is 9.59 Å². The average molecular weight is 294 g/mol. The minimum absolute atomic E-state index is 0.288. The summed E-state index contributed by atoms with van der Waals surface area (Å²) < 4.78 is 5.25. The number of hydrogen-bond donors (Lipinski definition) is 3. The highest BCUT2D eigenvalue weighted by Gasteiger charge is 2.14. The Hall–Kier alpha value is -2.57. The van der Waals surface area contributed by atoms with Crippen molar-refractivity contribution >= 4 is 17.8 Å². The Kier molecular flexibility index (Phi) is 6.19. The SMILES string of the molecule is CCOc1ccc(C(=O)NCC(=O)NC(C)C(=O)O)cc1. The number of benzene rings is 1. The second-order valence-corrected chi connectivity index (χ2v) is 4.27. The lowest BCUT2D eigenvalue weighted by atomic mass is 10.2. The zero-order valence-corrected chi connectivity index (χ0v) is 11.9. The maximum absolute atomic E-state index is 11.8. The molecule has 7 heteroatoms. The van der Waals surface area contributed by atoms with Crippen molar-refractivity contribution < 1.29 is 24.2 Å². The van der Waals surface area contributed by atoms with Crippen LogP contribution in [0.1, 0.15) is 24.2 Å². The highest BCUT2D eigenvalue weighted by atomic mass is 16.5. The summed E-state index contributed by atoms with van der Waals surface area (Å²) in [7, 11) is 0. The van der Waals surface area contributed by atoms with Gasteiger partial charge < -0.3 is 20.5 Å². The standard InChI is InChI=1S/C14H18N2O5/c1-3-21-11-6-4-10(5-7-11)13(18)15-8-12(17)16-9(2)14(19)20/h4-7,9H,3,8H2,1-2H3,(H,15,18)(H,16,17)(H,19,20). The van der Waals surface area contributed by atoms with E-state index in [2.05, 4.69) is 10.6 Å². The summed E-state index contributed by atoms with van der Waals surface area (Å²) in [6.45, 7) is 3.45. The highest BCUT2D eigenvalue weighted by molar-refractivity contribution is 5.96. The van der Waals surface area contributed by atoms with E-state index in [1.165, 1.54) is 6.92 Å². The molecule has 0 aliphatic rings. The Morgan fingerprint density at radius 2 is 1.86 bits per heavy atom. The first-order valence-corrected chi connectivity index (χ1v) is 6.47. The average Bonchev–Trinajstić information content (AvgIpc) is 2.45. The first kappa shape index (κ1) is 16.5. The molecule has 0 bridgehead atoms. The van der Waals surface area contributed by atoms with Crippen LogP contribution in [0.3, 0.4) is 0 Å². The number of nitrogens with one attached hydrogen (secondary N) is 2. The van der Waals surface area contributed by atoms with Gasteiger partial charge >= 0.3 is 5.97 Å². The van der Waals surface area contributed by atoms with Gasteiger partial charge in [0.05, 0.1) is 13.2 Å². The predicted molar refractivity (Wildman–Crippen MR) is 75.2 cm³/mol. The van der Waals surface area contributed by atoms with Crippen LogP contribution in [0, 0.1) is 0 Å². The molecule has 0 saturated heterocycles. The minimum atomic E-state index is -1.14. The number of ether oxygens (including phenoxy) is 1. The van der Waals surface area contributed by atoms with E-state index in [0.29, 0.717) is 17.9 Å². The quantitative estimate of drug-likeness (QED) is 0.675. The van der Waals surface area contributed by atoms with E-state index in [4.69, 9.17) is 9.84 Å². The number of rotatable bonds is 7. The lowest BCUT2D eigenvalue weighted by Crippen LogP contribution is -2.43. The molecule has 21 heavy (non-hydrogen) atoms. The molecule has 2 amide bonds. The van der Waals surface area contributed by atoms with Crippen LogP contribution in [0.4, 0.5) is 0 Å². The summed E-state index contributed by atoms with van der Waals surface area (Å²) in [5.41, 5.74) is 0.387. The van der Waals surface area contributed by atoms with Crippen molar-refractivity contribution in [1.82, 2.24) is 10.6 Å². The summed E-state index contributed by atoms with van der Waals surface area (Å²) in [5, 5.41) is 13.3. The van der Waals surface area contributed by atoms with Crippen molar-refractivity contribution in [2.75, 3.05) is 13.2 Å². The van der Waals surface area contributed by atoms with Crippen molar-refractivity contribution in [1.29, 1.82) is 0 Å². The first-order valence-electron chi connectivity index (χ1n) is 6.47. The van der Waals surface area contributed by atoms with Crippen molar-refractivity contribution in [3.8, 4) is 5.75 Å². The summed E-state index contributed by atoms with van der Waals surface area (Å²) in [4.78, 5) is 33.8. The molecule has 1 rings (SSSR count). The Morgan fingerprint density at radius 1 is 1.24 bits per heavy atom. The van der Waals surface area contributed by atoms with Gasteiger partial charge in [0.2, 0.25) is 5.91 Å². The second-order valence-electron chi connectivity index (χ2n) is 4.27. The van der Waals surface area contributed by atoms with Crippen LogP contribution in [0.25, 0.3) is 0 Å². The van der Waals surface area contributed by atoms with E-state index in [9.17, 15) is 14.4 Å². The largest absolute Gasteiger partial charge is 0.494 e. The number of amides is 2. The molecule has 0 saturated carbocycles. The van der Waals surface area contributed by atoms with E-state index in [-0.39, 0.29) is 6.54 Å². The summed E-state index contributed by atoms with van der Waals surface area (Å²) in [6, 6.07) is 5.48. The van der Waals surface area contributed by atoms with Crippen molar-refractivity contribution in [3.05, 3.63) is 29.8 Å². The van der Waals surface area contributed by atoms with Crippen LogP contribution < -0.4 is 15.4 Å². The van der Waals surface area contributed by atoms with Gasteiger partial charge in [-0.25, -0.2) is 0 Å². The van der Waals surface area contributed by atoms with Crippen LogP contribution in [0.2, 0.25) is 0 Å². The van der Waals surface area contributed by atoms with Crippen LogP contribution in [0.5, 0.6) is 5.75 Å². The number of hydrogen-bond acceptors (Lipinski definition) is 4. The van der Waals surface area contributed by atoms with Crippen molar-refractivity contribution in [3.63, 3.8) is 0 Å². The zero-order chi connectivity index (χ0) is 15.8. The number of carbonyl (C=O) groups is 3. The van der Waals surface area contributed by atoms with Gasteiger partial charge in [0, 0.05) is 5.56 Å². The molecule has 0 aliphatic heterocycles. The van der Waals surface area contributed by atoms with E-state index < -0.39 is 23.8 Å². The smallest absolute Gasteiger partial charge is 0.325 e. The zero-order valence-electron chi connectivity index (χ0n) is 11.9. The fraction of sp³-hybridized carbons (Fsp3) is 0.357. The third-order valence-corrected chi connectivity index (χ3v) is 2.58. The summed E-state index contributed by atoms with van der Waals surface area (Å²) in [6.07, 6.45) is 0. The number of carbonyl (C=O) groups excluding carboxylic acids is 2. The van der Waals surface area contributed by atoms with Crippen LogP contribution in [0.15, 0.2) is 24.3 Å². The topological polar surface area (TPSA) is 105 Å². The summed E-state index contributed by atoms with van der Waals surface area (Å²) in [5.74, 6) is -1.47. The van der Waals surface area contributed by atoms with Gasteiger partial charge in [-0.3, -0.25) is 14.4 Å². The van der Waals surface area contributed by atoms with E-state index in [0.717, 1.165) is 0 Å². The van der Waals surface area contributed by atoms with Gasteiger partial charge in [-0.05, 0) is 38.1 Å². The molecular formula is C14H18N2O5. The van der Waals surface area contributed by atoms with Gasteiger partial charge in [-0.1, -0.05) is 0 Å². The minimum Gasteiger partial charge on any atom is -0.494 e. The van der Waals surface area contributed by atoms with Crippen LogP contribution in [-0.4, -0.2) is 42.1 Å². The van der Waals surface area contributed by atoms with E-state index in [1.807, 2.05) is 6.92 Å². The summed E-state index contributed by atoms with van der Waals surface area (Å²) >= 11 is 0. The molecule has 0 heterocycles. The molecule has 1 aromatic rings. The molecule has 3 N–H and O–H groups in total. The van der Waals surface area contributed by atoms with Gasteiger partial charge in [0.25, 0.3) is 5.91 Å². The molecule has 1 unspecified atom stereocenters. The van der Waals surface area contributed by atoms with Gasteiger partial charge in [0.15, 0.2) is 0 Å².